The lowest BCUT2D eigenvalue weighted by Crippen LogP contribution is -2.12. The molecule has 0 saturated carbocycles. The molecule has 0 spiro atoms. The van der Waals surface area contributed by atoms with E-state index in [9.17, 15) is 0 Å². The van der Waals surface area contributed by atoms with E-state index in [0.717, 1.165) is 18.7 Å². The van der Waals surface area contributed by atoms with E-state index in [0.29, 0.717) is 11.3 Å². The van der Waals surface area contributed by atoms with Crippen LogP contribution in [0, 0.1) is 5.41 Å². The maximum Gasteiger partial charge on any atom is 0.111 e. The molecule has 0 amide bonds. The molecule has 0 aromatic carbocycles. The highest BCUT2D eigenvalue weighted by Gasteiger charge is 1.93. The molecule has 0 aliphatic rings. The smallest absolute Gasteiger partial charge is 0.111 e. The Bertz CT molecular complexity index is 389. The van der Waals surface area contributed by atoms with E-state index in [1.54, 1.807) is 19.3 Å². The van der Waals surface area contributed by atoms with E-state index in [1.165, 1.54) is 11.8 Å². The Hall–Kier alpha value is -2.03. The molecule has 0 unspecified atom stereocenters. The van der Waals surface area contributed by atoms with Crippen LogP contribution in [0.3, 0.4) is 0 Å². The Morgan fingerprint density at radius 1 is 1.28 bits per heavy atom. The van der Waals surface area contributed by atoms with Gasteiger partial charge in [-0.1, -0.05) is 31.4 Å². The fourth-order valence-electron chi connectivity index (χ4n) is 1.14. The molecule has 18 heavy (non-hydrogen) atoms. The Morgan fingerprint density at radius 2 is 1.94 bits per heavy atom. The molecule has 0 aliphatic carbocycles. The molecular weight excluding hydrogens is 224 g/mol. The van der Waals surface area contributed by atoms with E-state index in [2.05, 4.69) is 25.1 Å². The Labute approximate surface area is 110 Å². The van der Waals surface area contributed by atoms with E-state index in [4.69, 9.17) is 10.1 Å². The Morgan fingerprint density at radius 3 is 2.50 bits per heavy atom. The third-order valence-electron chi connectivity index (χ3n) is 2.22. The van der Waals surface area contributed by atoms with Crippen LogP contribution in [0.2, 0.25) is 0 Å². The van der Waals surface area contributed by atoms with Crippen LogP contribution in [0.1, 0.15) is 13.3 Å². The maximum absolute atomic E-state index is 6.98. The molecule has 0 fully saturated rings. The molecule has 0 saturated heterocycles. The van der Waals surface area contributed by atoms with Crippen molar-refractivity contribution in [2.45, 2.75) is 13.3 Å². The van der Waals surface area contributed by atoms with Gasteiger partial charge in [0.2, 0.25) is 0 Å². The summed E-state index contributed by atoms with van der Waals surface area (Å²) in [5.41, 5.74) is 2.64. The number of ether oxygens (including phenoxy) is 1. The maximum atomic E-state index is 6.98. The average molecular weight is 246 g/mol. The first-order valence-corrected chi connectivity index (χ1v) is 5.70. The zero-order valence-corrected chi connectivity index (χ0v) is 11.3. The highest BCUT2D eigenvalue weighted by Crippen LogP contribution is 2.04. The van der Waals surface area contributed by atoms with Gasteiger partial charge in [-0.25, -0.2) is 0 Å². The van der Waals surface area contributed by atoms with Gasteiger partial charge in [0.25, 0.3) is 0 Å². The second-order valence-corrected chi connectivity index (χ2v) is 3.92. The van der Waals surface area contributed by atoms with Gasteiger partial charge in [-0.3, -0.25) is 0 Å². The van der Waals surface area contributed by atoms with Crippen molar-refractivity contribution in [2.75, 3.05) is 13.7 Å². The van der Waals surface area contributed by atoms with Crippen molar-refractivity contribution in [3.8, 4) is 0 Å². The summed E-state index contributed by atoms with van der Waals surface area (Å²) in [6.45, 7) is 14.1. The zero-order valence-electron chi connectivity index (χ0n) is 11.3. The molecule has 0 rings (SSSR count). The van der Waals surface area contributed by atoms with Crippen molar-refractivity contribution in [2.24, 2.45) is 0 Å². The molecule has 0 aromatic rings. The summed E-state index contributed by atoms with van der Waals surface area (Å²) in [7, 11) is 1.60. The zero-order chi connectivity index (χ0) is 14.0. The summed E-state index contributed by atoms with van der Waals surface area (Å²) >= 11 is 0. The predicted octanol–water partition coefficient (Wildman–Crippen LogP) is 3.35. The number of nitrogens with one attached hydrogen (secondary N) is 2. The van der Waals surface area contributed by atoms with E-state index in [-0.39, 0.29) is 0 Å². The summed E-state index contributed by atoms with van der Waals surface area (Å²) in [4.78, 5) is 0. The largest absolute Gasteiger partial charge is 0.497 e. The molecule has 2 N–H and O–H groups in total. The lowest BCUT2D eigenvalue weighted by atomic mass is 10.2. The van der Waals surface area contributed by atoms with E-state index >= 15 is 0 Å². The lowest BCUT2D eigenvalue weighted by Gasteiger charge is -2.06. The minimum atomic E-state index is 0.644. The topological polar surface area (TPSA) is 45.1 Å². The fourth-order valence-corrected chi connectivity index (χ4v) is 1.14. The highest BCUT2D eigenvalue weighted by molar-refractivity contribution is 5.78. The second-order valence-electron chi connectivity index (χ2n) is 3.92. The summed E-state index contributed by atoms with van der Waals surface area (Å²) in [6.07, 6.45) is 7.56. The summed E-state index contributed by atoms with van der Waals surface area (Å²) in [6, 6.07) is 0. The number of hydrogen-bond donors (Lipinski definition) is 2. The third-order valence-corrected chi connectivity index (χ3v) is 2.22. The molecule has 0 bridgehead atoms. The molecule has 0 heterocycles. The van der Waals surface area contributed by atoms with Crippen molar-refractivity contribution in [1.82, 2.24) is 5.32 Å². The van der Waals surface area contributed by atoms with Gasteiger partial charge in [-0.15, -0.1) is 0 Å². The average Bonchev–Trinajstić information content (AvgIpc) is 2.35. The van der Waals surface area contributed by atoms with Crippen molar-refractivity contribution in [3.63, 3.8) is 0 Å². The lowest BCUT2D eigenvalue weighted by molar-refractivity contribution is 0.308. The van der Waals surface area contributed by atoms with Crippen molar-refractivity contribution in [3.05, 3.63) is 60.6 Å². The van der Waals surface area contributed by atoms with Crippen LogP contribution in [0.15, 0.2) is 60.6 Å². The minimum Gasteiger partial charge on any atom is -0.497 e. The van der Waals surface area contributed by atoms with Gasteiger partial charge in [0.1, 0.15) is 5.76 Å². The van der Waals surface area contributed by atoms with Gasteiger partial charge in [0, 0.05) is 18.5 Å². The SMILES string of the molecule is C=C(C=N)/C=C/C(=C)NCC/C(C)=C/C(=C)OC. The van der Waals surface area contributed by atoms with Crippen LogP contribution in [0.4, 0.5) is 0 Å². The molecule has 0 atom stereocenters. The van der Waals surface area contributed by atoms with Crippen molar-refractivity contribution >= 4 is 6.21 Å². The molecule has 3 heteroatoms. The van der Waals surface area contributed by atoms with Crippen LogP contribution in [-0.4, -0.2) is 19.9 Å². The second kappa shape index (κ2) is 9.05. The standard InChI is InChI=1S/C15H22N2O/c1-12(10-15(4)18-5)8-9-17-14(3)7-6-13(2)11-16/h6-7,10-11,16-17H,2-4,8-9H2,1,5H3/b7-6+,12-10+,16-11?. The first kappa shape index (κ1) is 16.0. The van der Waals surface area contributed by atoms with Crippen molar-refractivity contribution in [1.29, 1.82) is 5.41 Å². The Balaban J connectivity index is 3.98. The van der Waals surface area contributed by atoms with Gasteiger partial charge in [-0.05, 0) is 31.1 Å². The van der Waals surface area contributed by atoms with Gasteiger partial charge in [-0.2, -0.15) is 0 Å². The summed E-state index contributed by atoms with van der Waals surface area (Å²) < 4.78 is 4.97. The molecule has 0 aliphatic heterocycles. The molecule has 0 aromatic heterocycles. The third kappa shape index (κ3) is 8.16. The van der Waals surface area contributed by atoms with Crippen LogP contribution < -0.4 is 5.32 Å². The van der Waals surface area contributed by atoms with Gasteiger partial charge < -0.3 is 15.5 Å². The Kier molecular flexibility index (Phi) is 8.03. The van der Waals surface area contributed by atoms with Crippen molar-refractivity contribution < 1.29 is 4.74 Å². The predicted molar refractivity (Wildman–Crippen MR) is 78.7 cm³/mol. The fraction of sp³-hybridized carbons (Fsp3) is 0.267. The van der Waals surface area contributed by atoms with Gasteiger partial charge in [0.05, 0.1) is 7.11 Å². The molecular formula is C15H22N2O. The highest BCUT2D eigenvalue weighted by atomic mass is 16.5. The summed E-state index contributed by atoms with van der Waals surface area (Å²) in [5.74, 6) is 0.661. The van der Waals surface area contributed by atoms with Gasteiger partial charge >= 0.3 is 0 Å². The van der Waals surface area contributed by atoms with E-state index < -0.39 is 0 Å². The van der Waals surface area contributed by atoms with Crippen LogP contribution in [0.25, 0.3) is 0 Å². The summed E-state index contributed by atoms with van der Waals surface area (Å²) in [5, 5.41) is 10.2. The molecule has 98 valence electrons. The van der Waals surface area contributed by atoms with E-state index in [1.807, 2.05) is 13.0 Å². The number of rotatable bonds is 9. The number of allylic oxidation sites excluding steroid dienone is 4. The number of hydrogen-bond acceptors (Lipinski definition) is 3. The number of methoxy groups -OCH3 is 1. The molecule has 0 radical (unpaired) electrons. The normalized spacial score (nSPS) is 11.1. The monoisotopic (exact) mass is 246 g/mol. The minimum absolute atomic E-state index is 0.644. The quantitative estimate of drug-likeness (QED) is 0.372. The van der Waals surface area contributed by atoms with Crippen LogP contribution >= 0.6 is 0 Å². The van der Waals surface area contributed by atoms with Crippen LogP contribution in [-0.2, 0) is 4.74 Å². The first-order valence-electron chi connectivity index (χ1n) is 5.70. The van der Waals surface area contributed by atoms with Crippen LogP contribution in [0.5, 0.6) is 0 Å². The molecule has 3 nitrogen and oxygen atoms in total. The first-order chi connectivity index (χ1) is 8.49. The van der Waals surface area contributed by atoms with Gasteiger partial charge in [0.15, 0.2) is 0 Å².